The van der Waals surface area contributed by atoms with Gasteiger partial charge in [-0.1, -0.05) is 0 Å². The summed E-state index contributed by atoms with van der Waals surface area (Å²) in [6, 6.07) is 6.67. The Morgan fingerprint density at radius 3 is 2.33 bits per heavy atom. The van der Waals surface area contributed by atoms with Crippen LogP contribution in [0.2, 0.25) is 0 Å². The van der Waals surface area contributed by atoms with Crippen LogP contribution in [0.15, 0.2) is 24.3 Å². The first-order valence-electron chi connectivity index (χ1n) is 12.1. The largest absolute Gasteiger partial charge is 0.462 e. The number of ether oxygens (including phenoxy) is 2. The van der Waals surface area contributed by atoms with Crippen LogP contribution >= 0.6 is 0 Å². The molecule has 33 heavy (non-hydrogen) atoms. The van der Waals surface area contributed by atoms with Gasteiger partial charge in [0.1, 0.15) is 17.5 Å². The standard InChI is InChI=1S/C25H36FN3O4/c1-24(2,3)33-23(31)29-12-9-25(10-13-29)18-21(32-22(25)30)8-11-27-14-16-28(17-15-27)20-6-4-19(26)5-7-20/h4-7,21H,8-18H2,1-3H3/t21-/m0/s1. The van der Waals surface area contributed by atoms with E-state index in [1.54, 1.807) is 4.90 Å². The summed E-state index contributed by atoms with van der Waals surface area (Å²) in [6.07, 6.45) is 2.49. The molecule has 3 saturated heterocycles. The second-order valence-electron chi connectivity index (χ2n) is 10.6. The third kappa shape index (κ3) is 5.78. The highest BCUT2D eigenvalue weighted by atomic mass is 19.1. The van der Waals surface area contributed by atoms with Crippen molar-refractivity contribution in [2.75, 3.05) is 50.7 Å². The summed E-state index contributed by atoms with van der Waals surface area (Å²) in [4.78, 5) is 31.5. The Bertz CT molecular complexity index is 838. The molecule has 1 aromatic rings. The highest BCUT2D eigenvalue weighted by molar-refractivity contribution is 5.79. The maximum absolute atomic E-state index is 13.2. The molecule has 3 heterocycles. The Labute approximate surface area is 195 Å². The molecule has 1 amide bonds. The summed E-state index contributed by atoms with van der Waals surface area (Å²) >= 11 is 0. The number of piperidine rings is 1. The van der Waals surface area contributed by atoms with Crippen molar-refractivity contribution in [3.8, 4) is 0 Å². The molecule has 3 aliphatic heterocycles. The predicted molar refractivity (Wildman–Crippen MR) is 124 cm³/mol. The third-order valence-corrected chi connectivity index (χ3v) is 7.03. The average Bonchev–Trinajstić information content (AvgIpc) is 3.07. The highest BCUT2D eigenvalue weighted by Gasteiger charge is 2.51. The maximum atomic E-state index is 13.2. The molecule has 1 aromatic carbocycles. The number of rotatable bonds is 4. The summed E-state index contributed by atoms with van der Waals surface area (Å²) in [5.41, 5.74) is 0.0823. The first-order chi connectivity index (χ1) is 15.6. The van der Waals surface area contributed by atoms with Gasteiger partial charge in [0.25, 0.3) is 0 Å². The summed E-state index contributed by atoms with van der Waals surface area (Å²) in [5, 5.41) is 0. The second kappa shape index (κ2) is 9.49. The van der Waals surface area contributed by atoms with Gasteiger partial charge in [-0.3, -0.25) is 9.69 Å². The molecule has 1 atom stereocenters. The SMILES string of the molecule is CC(C)(C)OC(=O)N1CCC2(CC1)C[C@H](CCN1CCN(c3ccc(F)cc3)CC1)OC2=O. The molecule has 0 radical (unpaired) electrons. The van der Waals surface area contributed by atoms with Gasteiger partial charge >= 0.3 is 12.1 Å². The molecule has 1 spiro atoms. The van der Waals surface area contributed by atoms with Crippen LogP contribution in [0.4, 0.5) is 14.9 Å². The smallest absolute Gasteiger partial charge is 0.410 e. The van der Waals surface area contributed by atoms with Crippen molar-refractivity contribution in [3.63, 3.8) is 0 Å². The third-order valence-electron chi connectivity index (χ3n) is 7.03. The predicted octanol–water partition coefficient (Wildman–Crippen LogP) is 3.67. The number of likely N-dealkylation sites (tertiary alicyclic amines) is 1. The van der Waals surface area contributed by atoms with E-state index in [1.807, 2.05) is 32.9 Å². The minimum absolute atomic E-state index is 0.0549. The molecular weight excluding hydrogens is 425 g/mol. The average molecular weight is 462 g/mol. The highest BCUT2D eigenvalue weighted by Crippen LogP contribution is 2.44. The molecule has 0 N–H and O–H groups in total. The number of amides is 1. The number of piperazine rings is 1. The molecule has 0 saturated carbocycles. The normalized spacial score (nSPS) is 23.6. The molecule has 0 bridgehead atoms. The Kier molecular flexibility index (Phi) is 6.84. The zero-order valence-corrected chi connectivity index (χ0v) is 20.0. The van der Waals surface area contributed by atoms with Crippen molar-refractivity contribution in [3.05, 3.63) is 30.1 Å². The molecule has 8 heteroatoms. The lowest BCUT2D eigenvalue weighted by atomic mass is 9.76. The van der Waals surface area contributed by atoms with E-state index >= 15 is 0 Å². The van der Waals surface area contributed by atoms with Crippen LogP contribution in [-0.4, -0.2) is 79.4 Å². The Morgan fingerprint density at radius 2 is 1.73 bits per heavy atom. The van der Waals surface area contributed by atoms with Crippen molar-refractivity contribution in [1.29, 1.82) is 0 Å². The van der Waals surface area contributed by atoms with Crippen LogP contribution in [0.5, 0.6) is 0 Å². The number of anilines is 1. The minimum atomic E-state index is -0.520. The number of nitrogens with zero attached hydrogens (tertiary/aromatic N) is 3. The lowest BCUT2D eigenvalue weighted by Gasteiger charge is -2.37. The first kappa shape index (κ1) is 23.8. The van der Waals surface area contributed by atoms with E-state index in [-0.39, 0.29) is 24.0 Å². The van der Waals surface area contributed by atoms with Gasteiger partial charge in [0, 0.05) is 57.9 Å². The topological polar surface area (TPSA) is 62.3 Å². The fourth-order valence-electron chi connectivity index (χ4n) is 5.06. The summed E-state index contributed by atoms with van der Waals surface area (Å²) < 4.78 is 24.4. The molecule has 4 rings (SSSR count). The Hall–Kier alpha value is -2.35. The lowest BCUT2D eigenvalue weighted by Crippen LogP contribution is -2.47. The number of esters is 1. The molecule has 182 valence electrons. The number of carbonyl (C=O) groups excluding carboxylic acids is 2. The number of hydrogen-bond donors (Lipinski definition) is 0. The summed E-state index contributed by atoms with van der Waals surface area (Å²) in [7, 11) is 0. The van der Waals surface area contributed by atoms with Crippen molar-refractivity contribution in [2.45, 2.75) is 58.2 Å². The Balaban J connectivity index is 1.20. The molecule has 3 aliphatic rings. The van der Waals surface area contributed by atoms with Crippen molar-refractivity contribution >= 4 is 17.7 Å². The van der Waals surface area contributed by atoms with E-state index in [4.69, 9.17) is 9.47 Å². The second-order valence-corrected chi connectivity index (χ2v) is 10.6. The first-order valence-corrected chi connectivity index (χ1v) is 12.1. The number of hydrogen-bond acceptors (Lipinski definition) is 6. The van der Waals surface area contributed by atoms with Crippen LogP contribution in [-0.2, 0) is 14.3 Å². The molecule has 0 aliphatic carbocycles. The van der Waals surface area contributed by atoms with Crippen molar-refractivity contribution in [2.24, 2.45) is 5.41 Å². The van der Waals surface area contributed by atoms with Crippen LogP contribution in [0.25, 0.3) is 0 Å². The fourth-order valence-corrected chi connectivity index (χ4v) is 5.06. The fraction of sp³-hybridized carbons (Fsp3) is 0.680. The van der Waals surface area contributed by atoms with Crippen LogP contribution < -0.4 is 4.90 Å². The summed E-state index contributed by atoms with van der Waals surface area (Å²) in [5.74, 6) is -0.311. The van der Waals surface area contributed by atoms with E-state index in [2.05, 4.69) is 9.80 Å². The van der Waals surface area contributed by atoms with Gasteiger partial charge in [-0.15, -0.1) is 0 Å². The van der Waals surface area contributed by atoms with Gasteiger partial charge in [-0.25, -0.2) is 9.18 Å². The molecule has 7 nitrogen and oxygen atoms in total. The molecule has 3 fully saturated rings. The zero-order chi connectivity index (χ0) is 23.6. The van der Waals surface area contributed by atoms with Gasteiger partial charge in [0.05, 0.1) is 5.41 Å². The number of carbonyl (C=O) groups is 2. The van der Waals surface area contributed by atoms with Gasteiger partial charge < -0.3 is 19.3 Å². The van der Waals surface area contributed by atoms with Gasteiger partial charge in [0.15, 0.2) is 0 Å². The molecule has 0 aromatic heterocycles. The van der Waals surface area contributed by atoms with Gasteiger partial charge in [-0.05, 0) is 64.3 Å². The van der Waals surface area contributed by atoms with Gasteiger partial charge in [-0.2, -0.15) is 0 Å². The molecule has 0 unspecified atom stereocenters. The lowest BCUT2D eigenvalue weighted by molar-refractivity contribution is -0.151. The maximum Gasteiger partial charge on any atom is 0.410 e. The van der Waals surface area contributed by atoms with Crippen LogP contribution in [0.3, 0.4) is 0 Å². The quantitative estimate of drug-likeness (QED) is 0.638. The monoisotopic (exact) mass is 461 g/mol. The minimum Gasteiger partial charge on any atom is -0.462 e. The van der Waals surface area contributed by atoms with E-state index in [1.165, 1.54) is 12.1 Å². The van der Waals surface area contributed by atoms with Crippen molar-refractivity contribution < 1.29 is 23.5 Å². The van der Waals surface area contributed by atoms with E-state index in [0.29, 0.717) is 25.9 Å². The van der Waals surface area contributed by atoms with Crippen molar-refractivity contribution in [1.82, 2.24) is 9.80 Å². The van der Waals surface area contributed by atoms with Crippen LogP contribution in [0.1, 0.15) is 46.5 Å². The summed E-state index contributed by atoms with van der Waals surface area (Å²) in [6.45, 7) is 11.2. The zero-order valence-electron chi connectivity index (χ0n) is 20.0. The van der Waals surface area contributed by atoms with E-state index in [9.17, 15) is 14.0 Å². The number of cyclic esters (lactones) is 1. The van der Waals surface area contributed by atoms with E-state index < -0.39 is 11.0 Å². The van der Waals surface area contributed by atoms with Gasteiger partial charge in [0.2, 0.25) is 0 Å². The van der Waals surface area contributed by atoms with Crippen LogP contribution in [0, 0.1) is 11.2 Å². The number of benzene rings is 1. The molecular formula is C25H36FN3O4. The van der Waals surface area contributed by atoms with E-state index in [0.717, 1.165) is 51.3 Å². The Morgan fingerprint density at radius 1 is 1.09 bits per heavy atom. The number of halogens is 1.